The van der Waals surface area contributed by atoms with Crippen molar-refractivity contribution in [3.8, 4) is 0 Å². The maximum atomic E-state index is 11.6. The number of nitrogens with one attached hydrogen (secondary N) is 1. The fourth-order valence-electron chi connectivity index (χ4n) is 1.05. The van der Waals surface area contributed by atoms with Gasteiger partial charge in [-0.15, -0.1) is 11.3 Å². The summed E-state index contributed by atoms with van der Waals surface area (Å²) in [7, 11) is 0. The summed E-state index contributed by atoms with van der Waals surface area (Å²) in [6.45, 7) is 3.59. The third-order valence-corrected chi connectivity index (χ3v) is 3.45. The predicted octanol–water partition coefficient (Wildman–Crippen LogP) is 2.01. The number of carbonyl (C=O) groups is 1. The molecule has 0 fully saturated rings. The third kappa shape index (κ3) is 3.45. The molecule has 1 amide bonds. The molecule has 1 aromatic rings. The lowest BCUT2D eigenvalue weighted by molar-refractivity contribution is -0.00664. The number of rotatable bonds is 5. The van der Waals surface area contributed by atoms with E-state index in [0.717, 1.165) is 12.0 Å². The van der Waals surface area contributed by atoms with Crippen LogP contribution >= 0.6 is 22.9 Å². The Labute approximate surface area is 103 Å². The molecule has 16 heavy (non-hydrogen) atoms. The molecule has 2 N–H and O–H groups in total. The second-order valence-electron chi connectivity index (χ2n) is 3.35. The molecule has 0 saturated carbocycles. The molecule has 1 atom stereocenters. The first-order valence-electron chi connectivity index (χ1n) is 4.92. The molecular formula is C10H14ClNO3S. The van der Waals surface area contributed by atoms with E-state index in [-0.39, 0.29) is 12.5 Å². The van der Waals surface area contributed by atoms with E-state index in [1.807, 2.05) is 12.3 Å². The largest absolute Gasteiger partial charge is 0.391 e. The summed E-state index contributed by atoms with van der Waals surface area (Å²) in [6, 6.07) is 0. The first-order valence-corrected chi connectivity index (χ1v) is 6.18. The third-order valence-electron chi connectivity index (χ3n) is 1.88. The fraction of sp³-hybridized carbons (Fsp3) is 0.500. The van der Waals surface area contributed by atoms with Gasteiger partial charge in [0.25, 0.3) is 5.91 Å². The Morgan fingerprint density at radius 2 is 2.44 bits per heavy atom. The molecule has 0 spiro atoms. The summed E-state index contributed by atoms with van der Waals surface area (Å²) >= 11 is 7.29. The Hall–Kier alpha value is -0.620. The number of aliphatic hydroxyl groups is 1. The van der Waals surface area contributed by atoms with Crippen LogP contribution in [-0.4, -0.2) is 23.7 Å². The molecule has 1 rings (SSSR count). The highest BCUT2D eigenvalue weighted by atomic mass is 35.5. The molecule has 6 heteroatoms. The van der Waals surface area contributed by atoms with E-state index in [9.17, 15) is 4.79 Å². The molecule has 0 aliphatic carbocycles. The molecule has 0 aromatic carbocycles. The Morgan fingerprint density at radius 3 is 2.94 bits per heavy atom. The van der Waals surface area contributed by atoms with Crippen molar-refractivity contribution in [2.45, 2.75) is 26.4 Å². The number of aliphatic hydroxyl groups excluding tert-OH is 1. The first-order chi connectivity index (χ1) is 7.56. The van der Waals surface area contributed by atoms with Crippen molar-refractivity contribution in [3.05, 3.63) is 20.8 Å². The number of hydroxylamine groups is 1. The number of hydrogen-bond acceptors (Lipinski definition) is 4. The van der Waals surface area contributed by atoms with E-state index < -0.39 is 6.10 Å². The van der Waals surface area contributed by atoms with Crippen LogP contribution in [0.3, 0.4) is 0 Å². The van der Waals surface area contributed by atoms with Crippen LogP contribution in [0.2, 0.25) is 5.02 Å². The average Bonchev–Trinajstić information content (AvgIpc) is 2.58. The molecule has 90 valence electrons. The van der Waals surface area contributed by atoms with Gasteiger partial charge in [0.1, 0.15) is 11.5 Å². The quantitative estimate of drug-likeness (QED) is 0.799. The van der Waals surface area contributed by atoms with Crippen LogP contribution < -0.4 is 5.48 Å². The van der Waals surface area contributed by atoms with Gasteiger partial charge in [-0.25, -0.2) is 5.48 Å². The summed E-state index contributed by atoms with van der Waals surface area (Å²) in [5, 5.41) is 11.3. The second kappa shape index (κ2) is 6.20. The molecule has 0 aliphatic rings. The molecule has 0 aliphatic heterocycles. The van der Waals surface area contributed by atoms with Gasteiger partial charge >= 0.3 is 0 Å². The zero-order valence-electron chi connectivity index (χ0n) is 9.12. The van der Waals surface area contributed by atoms with Crippen LogP contribution in [0.5, 0.6) is 0 Å². The molecule has 1 aromatic heterocycles. The van der Waals surface area contributed by atoms with Crippen molar-refractivity contribution in [1.29, 1.82) is 0 Å². The van der Waals surface area contributed by atoms with E-state index in [0.29, 0.717) is 9.90 Å². The molecule has 0 bridgehead atoms. The van der Waals surface area contributed by atoms with Gasteiger partial charge in [0.15, 0.2) is 0 Å². The van der Waals surface area contributed by atoms with Crippen LogP contribution in [0, 0.1) is 0 Å². The van der Waals surface area contributed by atoms with Crippen molar-refractivity contribution in [2.75, 3.05) is 6.61 Å². The number of hydrogen-bond donors (Lipinski definition) is 2. The van der Waals surface area contributed by atoms with Gasteiger partial charge in [0.05, 0.1) is 11.1 Å². The highest BCUT2D eigenvalue weighted by Gasteiger charge is 2.15. The van der Waals surface area contributed by atoms with E-state index in [1.54, 1.807) is 6.92 Å². The minimum Gasteiger partial charge on any atom is -0.391 e. The van der Waals surface area contributed by atoms with Crippen molar-refractivity contribution in [3.63, 3.8) is 0 Å². The Balaban J connectivity index is 2.56. The number of amides is 1. The fourth-order valence-corrected chi connectivity index (χ4v) is 2.45. The smallest absolute Gasteiger partial charge is 0.286 e. The van der Waals surface area contributed by atoms with Gasteiger partial charge in [-0.05, 0) is 24.3 Å². The van der Waals surface area contributed by atoms with Crippen molar-refractivity contribution in [2.24, 2.45) is 0 Å². The minimum absolute atomic E-state index is 0.0510. The molecule has 0 radical (unpaired) electrons. The SMILES string of the molecule is CCc1csc(C(=O)NOC[C@@H](C)O)c1Cl. The molecule has 0 unspecified atom stereocenters. The van der Waals surface area contributed by atoms with Gasteiger partial charge in [-0.3, -0.25) is 9.63 Å². The molecule has 0 saturated heterocycles. The summed E-state index contributed by atoms with van der Waals surface area (Å²) in [6.07, 6.45) is 0.169. The summed E-state index contributed by atoms with van der Waals surface area (Å²) in [4.78, 5) is 16.8. The van der Waals surface area contributed by atoms with E-state index in [4.69, 9.17) is 21.5 Å². The van der Waals surface area contributed by atoms with Crippen molar-refractivity contribution in [1.82, 2.24) is 5.48 Å². The Morgan fingerprint density at radius 1 is 1.75 bits per heavy atom. The monoisotopic (exact) mass is 263 g/mol. The van der Waals surface area contributed by atoms with Gasteiger partial charge in [-0.1, -0.05) is 18.5 Å². The van der Waals surface area contributed by atoms with E-state index in [1.165, 1.54) is 11.3 Å². The lowest BCUT2D eigenvalue weighted by Gasteiger charge is -2.06. The van der Waals surface area contributed by atoms with E-state index in [2.05, 4.69) is 5.48 Å². The zero-order valence-corrected chi connectivity index (χ0v) is 10.7. The number of thiophene rings is 1. The highest BCUT2D eigenvalue weighted by Crippen LogP contribution is 2.28. The van der Waals surface area contributed by atoms with Crippen LogP contribution in [0.4, 0.5) is 0 Å². The molecule has 4 nitrogen and oxygen atoms in total. The van der Waals surface area contributed by atoms with Crippen molar-refractivity contribution < 1.29 is 14.7 Å². The highest BCUT2D eigenvalue weighted by molar-refractivity contribution is 7.13. The molecular weight excluding hydrogens is 250 g/mol. The lowest BCUT2D eigenvalue weighted by Crippen LogP contribution is -2.27. The minimum atomic E-state index is -0.620. The summed E-state index contributed by atoms with van der Waals surface area (Å²) < 4.78 is 0. The van der Waals surface area contributed by atoms with Crippen LogP contribution in [0.25, 0.3) is 0 Å². The maximum Gasteiger partial charge on any atom is 0.286 e. The van der Waals surface area contributed by atoms with Crippen LogP contribution in [0.1, 0.15) is 29.1 Å². The summed E-state index contributed by atoms with van der Waals surface area (Å²) in [5.41, 5.74) is 3.19. The second-order valence-corrected chi connectivity index (χ2v) is 4.61. The van der Waals surface area contributed by atoms with E-state index >= 15 is 0 Å². The zero-order chi connectivity index (χ0) is 12.1. The predicted molar refractivity (Wildman–Crippen MR) is 63.8 cm³/mol. The van der Waals surface area contributed by atoms with Gasteiger partial charge in [0.2, 0.25) is 0 Å². The average molecular weight is 264 g/mol. The normalized spacial score (nSPS) is 12.5. The molecule has 1 heterocycles. The standard InChI is InChI=1S/C10H14ClNO3S/c1-3-7-5-16-9(8(7)11)10(14)12-15-4-6(2)13/h5-6,13H,3-4H2,1-2H3,(H,12,14)/t6-/m1/s1. The number of halogens is 1. The summed E-state index contributed by atoms with van der Waals surface area (Å²) in [5.74, 6) is -0.379. The van der Waals surface area contributed by atoms with Gasteiger partial charge < -0.3 is 5.11 Å². The van der Waals surface area contributed by atoms with Crippen LogP contribution in [-0.2, 0) is 11.3 Å². The van der Waals surface area contributed by atoms with Gasteiger partial charge in [-0.2, -0.15) is 0 Å². The van der Waals surface area contributed by atoms with Gasteiger partial charge in [0, 0.05) is 0 Å². The van der Waals surface area contributed by atoms with Crippen molar-refractivity contribution >= 4 is 28.8 Å². The Kier molecular flexibility index (Phi) is 5.21. The maximum absolute atomic E-state index is 11.6. The lowest BCUT2D eigenvalue weighted by atomic mass is 10.2. The first kappa shape index (κ1) is 13.4. The van der Waals surface area contributed by atoms with Crippen LogP contribution in [0.15, 0.2) is 5.38 Å². The number of aryl methyl sites for hydroxylation is 1. The Bertz CT molecular complexity index is 365. The number of carbonyl (C=O) groups excluding carboxylic acids is 1. The topological polar surface area (TPSA) is 58.6 Å².